The van der Waals surface area contributed by atoms with E-state index in [0.29, 0.717) is 26.9 Å². The largest absolute Gasteiger partial charge is 0.507 e. The summed E-state index contributed by atoms with van der Waals surface area (Å²) in [4.78, 5) is 27.5. The van der Waals surface area contributed by atoms with Gasteiger partial charge in [0.05, 0.1) is 11.6 Å². The highest BCUT2D eigenvalue weighted by atomic mass is 35.5. The molecule has 4 nitrogen and oxygen atoms in total. The number of aliphatic hydroxyl groups is 1. The number of benzene rings is 3. The Balaban J connectivity index is 1.95. The van der Waals surface area contributed by atoms with Crippen LogP contribution in [0.2, 0.25) is 10.0 Å². The quantitative estimate of drug-likeness (QED) is 0.313. The van der Waals surface area contributed by atoms with Gasteiger partial charge in [-0.25, -0.2) is 0 Å². The van der Waals surface area contributed by atoms with Gasteiger partial charge in [-0.2, -0.15) is 0 Å². The van der Waals surface area contributed by atoms with E-state index in [1.54, 1.807) is 72.8 Å². The molecule has 0 saturated carbocycles. The Kier molecular flexibility index (Phi) is 5.37. The lowest BCUT2D eigenvalue weighted by atomic mass is 9.95. The van der Waals surface area contributed by atoms with Crippen LogP contribution in [-0.2, 0) is 9.59 Å². The number of carbonyl (C=O) groups excluding carboxylic acids is 2. The number of ketones is 1. The molecule has 1 aliphatic heterocycles. The molecule has 4 rings (SSSR count). The Hall–Kier alpha value is -3.08. The van der Waals surface area contributed by atoms with Gasteiger partial charge in [0.15, 0.2) is 0 Å². The van der Waals surface area contributed by atoms with Crippen molar-refractivity contribution in [3.8, 4) is 0 Å². The van der Waals surface area contributed by atoms with Gasteiger partial charge < -0.3 is 5.11 Å². The third-order valence-electron chi connectivity index (χ3n) is 5.11. The number of aryl methyl sites for hydroxylation is 1. The smallest absolute Gasteiger partial charge is 0.300 e. The molecule has 30 heavy (non-hydrogen) atoms. The van der Waals surface area contributed by atoms with E-state index in [1.807, 2.05) is 6.92 Å². The van der Waals surface area contributed by atoms with E-state index in [1.165, 1.54) is 4.90 Å². The molecule has 1 atom stereocenters. The molecule has 1 fully saturated rings. The van der Waals surface area contributed by atoms with Crippen molar-refractivity contribution in [1.82, 2.24) is 0 Å². The molecule has 1 aliphatic rings. The molecule has 0 aliphatic carbocycles. The number of nitrogens with zero attached hydrogens (tertiary/aromatic N) is 1. The summed E-state index contributed by atoms with van der Waals surface area (Å²) in [6.45, 7) is 1.85. The van der Waals surface area contributed by atoms with Crippen LogP contribution in [0.1, 0.15) is 22.7 Å². The minimum absolute atomic E-state index is 0.0187. The predicted molar refractivity (Wildman–Crippen MR) is 119 cm³/mol. The van der Waals surface area contributed by atoms with E-state index in [4.69, 9.17) is 23.2 Å². The van der Waals surface area contributed by atoms with Crippen LogP contribution in [0.25, 0.3) is 5.76 Å². The van der Waals surface area contributed by atoms with Gasteiger partial charge in [0.25, 0.3) is 11.7 Å². The summed E-state index contributed by atoms with van der Waals surface area (Å²) in [5.74, 6) is -1.71. The van der Waals surface area contributed by atoms with E-state index in [2.05, 4.69) is 0 Å². The standard InChI is InChI=1S/C24H17Cl2NO3/c1-14-7-12-18(13-19(14)26)27-21(15-8-10-17(25)11-9-15)20(23(29)24(27)30)22(28)16-5-3-2-4-6-16/h2-13,21,28H,1H3. The molecule has 0 spiro atoms. The molecular formula is C24H17Cl2NO3. The van der Waals surface area contributed by atoms with Gasteiger partial charge >= 0.3 is 0 Å². The molecule has 1 amide bonds. The summed E-state index contributed by atoms with van der Waals surface area (Å²) in [5.41, 5.74) is 2.44. The first-order chi connectivity index (χ1) is 14.4. The zero-order valence-electron chi connectivity index (χ0n) is 16.0. The van der Waals surface area contributed by atoms with Crippen LogP contribution in [0.3, 0.4) is 0 Å². The number of Topliss-reactive ketones (excluding diaryl/α,β-unsaturated/α-hetero) is 1. The highest BCUT2D eigenvalue weighted by molar-refractivity contribution is 6.51. The van der Waals surface area contributed by atoms with Crippen LogP contribution in [0, 0.1) is 6.92 Å². The van der Waals surface area contributed by atoms with E-state index in [-0.39, 0.29) is 11.3 Å². The number of rotatable bonds is 3. The fourth-order valence-corrected chi connectivity index (χ4v) is 3.84. The molecule has 1 N–H and O–H groups in total. The molecule has 3 aromatic rings. The van der Waals surface area contributed by atoms with Crippen LogP contribution >= 0.6 is 23.2 Å². The first-order valence-electron chi connectivity index (χ1n) is 9.26. The van der Waals surface area contributed by atoms with Gasteiger partial charge in [0.1, 0.15) is 5.76 Å². The lowest BCUT2D eigenvalue weighted by Gasteiger charge is -2.26. The summed E-state index contributed by atoms with van der Waals surface area (Å²) >= 11 is 12.3. The third-order valence-corrected chi connectivity index (χ3v) is 5.77. The van der Waals surface area contributed by atoms with Crippen molar-refractivity contribution in [2.45, 2.75) is 13.0 Å². The van der Waals surface area contributed by atoms with Crippen LogP contribution < -0.4 is 4.90 Å². The van der Waals surface area contributed by atoms with E-state index >= 15 is 0 Å². The second-order valence-electron chi connectivity index (χ2n) is 7.02. The summed E-state index contributed by atoms with van der Waals surface area (Å²) in [7, 11) is 0. The Morgan fingerprint density at radius 2 is 1.60 bits per heavy atom. The van der Waals surface area contributed by atoms with Crippen molar-refractivity contribution in [2.24, 2.45) is 0 Å². The number of aliphatic hydroxyl groups excluding tert-OH is 1. The molecule has 6 heteroatoms. The average molecular weight is 438 g/mol. The third kappa shape index (κ3) is 3.49. The fraction of sp³-hybridized carbons (Fsp3) is 0.0833. The van der Waals surface area contributed by atoms with Gasteiger partial charge in [0.2, 0.25) is 0 Å². The molecule has 150 valence electrons. The Labute approximate surface area is 184 Å². The molecule has 0 aromatic heterocycles. The van der Waals surface area contributed by atoms with Crippen molar-refractivity contribution < 1.29 is 14.7 Å². The average Bonchev–Trinajstić information content (AvgIpc) is 3.01. The SMILES string of the molecule is Cc1ccc(N2C(=O)C(=O)C(=C(O)c3ccccc3)C2c2ccc(Cl)cc2)cc1Cl. The highest BCUT2D eigenvalue weighted by Gasteiger charge is 2.47. The summed E-state index contributed by atoms with van der Waals surface area (Å²) in [6.07, 6.45) is 0. The predicted octanol–water partition coefficient (Wildman–Crippen LogP) is 5.93. The van der Waals surface area contributed by atoms with Crippen molar-refractivity contribution in [2.75, 3.05) is 4.90 Å². The van der Waals surface area contributed by atoms with Gasteiger partial charge in [0, 0.05) is 21.3 Å². The van der Waals surface area contributed by atoms with Gasteiger partial charge in [-0.1, -0.05) is 71.7 Å². The number of amides is 1. The van der Waals surface area contributed by atoms with Crippen molar-refractivity contribution in [3.05, 3.63) is 105 Å². The number of hydrogen-bond acceptors (Lipinski definition) is 3. The summed E-state index contributed by atoms with van der Waals surface area (Å²) in [6, 6.07) is 19.9. The van der Waals surface area contributed by atoms with Crippen molar-refractivity contribution in [1.29, 1.82) is 0 Å². The molecule has 0 bridgehead atoms. The van der Waals surface area contributed by atoms with Gasteiger partial charge in [-0.15, -0.1) is 0 Å². The lowest BCUT2D eigenvalue weighted by molar-refractivity contribution is -0.132. The molecule has 1 unspecified atom stereocenters. The molecule has 0 radical (unpaired) electrons. The highest BCUT2D eigenvalue weighted by Crippen LogP contribution is 2.43. The maximum atomic E-state index is 13.1. The zero-order chi connectivity index (χ0) is 21.4. The van der Waals surface area contributed by atoms with Crippen LogP contribution in [0.15, 0.2) is 78.4 Å². The minimum Gasteiger partial charge on any atom is -0.507 e. The van der Waals surface area contributed by atoms with E-state index in [0.717, 1.165) is 5.56 Å². The number of halogens is 2. The Bertz CT molecular complexity index is 1170. The minimum atomic E-state index is -0.818. The number of anilines is 1. The second-order valence-corrected chi connectivity index (χ2v) is 7.86. The normalized spacial score (nSPS) is 18.1. The van der Waals surface area contributed by atoms with E-state index < -0.39 is 17.7 Å². The van der Waals surface area contributed by atoms with Crippen LogP contribution in [-0.4, -0.2) is 16.8 Å². The molecule has 1 saturated heterocycles. The number of carbonyl (C=O) groups is 2. The van der Waals surface area contributed by atoms with Crippen molar-refractivity contribution >= 4 is 46.3 Å². The van der Waals surface area contributed by atoms with Gasteiger partial charge in [-0.3, -0.25) is 14.5 Å². The van der Waals surface area contributed by atoms with E-state index in [9.17, 15) is 14.7 Å². The van der Waals surface area contributed by atoms with Crippen molar-refractivity contribution in [3.63, 3.8) is 0 Å². The zero-order valence-corrected chi connectivity index (χ0v) is 17.5. The maximum absolute atomic E-state index is 13.1. The molecular weight excluding hydrogens is 421 g/mol. The summed E-state index contributed by atoms with van der Waals surface area (Å²) < 4.78 is 0. The molecule has 1 heterocycles. The fourth-order valence-electron chi connectivity index (χ4n) is 3.54. The maximum Gasteiger partial charge on any atom is 0.300 e. The monoisotopic (exact) mass is 437 g/mol. The number of hydrogen-bond donors (Lipinski definition) is 1. The lowest BCUT2D eigenvalue weighted by Crippen LogP contribution is -2.29. The Morgan fingerprint density at radius 1 is 0.933 bits per heavy atom. The van der Waals surface area contributed by atoms with Crippen LogP contribution in [0.4, 0.5) is 5.69 Å². The second kappa shape index (κ2) is 7.98. The Morgan fingerprint density at radius 3 is 2.23 bits per heavy atom. The summed E-state index contributed by atoms with van der Waals surface area (Å²) in [5, 5.41) is 12.0. The van der Waals surface area contributed by atoms with Gasteiger partial charge in [-0.05, 0) is 42.3 Å². The topological polar surface area (TPSA) is 57.6 Å². The first-order valence-corrected chi connectivity index (χ1v) is 10.0. The first kappa shape index (κ1) is 20.2. The molecule has 3 aromatic carbocycles. The van der Waals surface area contributed by atoms with Crippen LogP contribution in [0.5, 0.6) is 0 Å².